The van der Waals surface area contributed by atoms with Crippen molar-refractivity contribution in [3.8, 4) is 5.88 Å². The number of ether oxygens (including phenoxy) is 2. The molecule has 0 aromatic carbocycles. The standard InChI is InChI=1S/C24H29F2N7O4S/c25-21(26)15-38(34,35)32-17-12-19-20(29-14-17)13-22(33-8-10-36-11-9-33)31-23(19)37-18-4-2-16(3-5-18)30-24-27-6-1-7-28-24/h1,6-7,12-14,16,18,21,32H,2-5,8-11,15H2,(H,27,28,30). The van der Waals surface area contributed by atoms with Crippen molar-refractivity contribution in [2.45, 2.75) is 44.3 Å². The van der Waals surface area contributed by atoms with Crippen molar-refractivity contribution in [1.82, 2.24) is 19.9 Å². The minimum atomic E-state index is -4.24. The normalized spacial score (nSPS) is 20.4. The Morgan fingerprint density at radius 1 is 1.08 bits per heavy atom. The Morgan fingerprint density at radius 2 is 1.82 bits per heavy atom. The Balaban J connectivity index is 1.37. The maximum atomic E-state index is 12.7. The van der Waals surface area contributed by atoms with Crippen LogP contribution in [0.15, 0.2) is 36.8 Å². The average Bonchev–Trinajstić information content (AvgIpc) is 2.90. The molecule has 3 aromatic heterocycles. The molecule has 1 saturated carbocycles. The molecule has 1 aliphatic carbocycles. The number of nitrogens with zero attached hydrogens (tertiary/aromatic N) is 5. The lowest BCUT2D eigenvalue weighted by Crippen LogP contribution is -2.37. The summed E-state index contributed by atoms with van der Waals surface area (Å²) in [6, 6.07) is 5.32. The molecule has 204 valence electrons. The second-order valence-corrected chi connectivity index (χ2v) is 11.0. The van der Waals surface area contributed by atoms with Gasteiger partial charge in [-0.05, 0) is 37.8 Å². The molecule has 14 heteroatoms. The summed E-state index contributed by atoms with van der Waals surface area (Å²) in [5.41, 5.74) is 0.629. The van der Waals surface area contributed by atoms with Gasteiger partial charge in [0.25, 0.3) is 6.43 Å². The van der Waals surface area contributed by atoms with E-state index in [0.29, 0.717) is 54.9 Å². The lowest BCUT2D eigenvalue weighted by atomic mass is 9.93. The van der Waals surface area contributed by atoms with Crippen molar-refractivity contribution in [3.05, 3.63) is 36.8 Å². The highest BCUT2D eigenvalue weighted by Crippen LogP contribution is 2.33. The fourth-order valence-corrected chi connectivity index (χ4v) is 5.49. The molecule has 38 heavy (non-hydrogen) atoms. The van der Waals surface area contributed by atoms with Gasteiger partial charge in [-0.1, -0.05) is 0 Å². The maximum absolute atomic E-state index is 12.7. The summed E-state index contributed by atoms with van der Waals surface area (Å²) in [6.45, 7) is 2.50. The predicted octanol–water partition coefficient (Wildman–Crippen LogP) is 3.07. The highest BCUT2D eigenvalue weighted by molar-refractivity contribution is 7.92. The van der Waals surface area contributed by atoms with E-state index in [0.717, 1.165) is 25.7 Å². The minimum Gasteiger partial charge on any atom is -0.474 e. The number of aromatic nitrogens is 4. The lowest BCUT2D eigenvalue weighted by molar-refractivity contribution is 0.122. The second-order valence-electron chi connectivity index (χ2n) is 9.26. The predicted molar refractivity (Wildman–Crippen MR) is 138 cm³/mol. The van der Waals surface area contributed by atoms with Crippen molar-refractivity contribution >= 4 is 38.4 Å². The van der Waals surface area contributed by atoms with E-state index in [4.69, 9.17) is 14.5 Å². The first-order valence-corrected chi connectivity index (χ1v) is 14.1. The third kappa shape index (κ3) is 6.72. The number of hydrogen-bond donors (Lipinski definition) is 2. The largest absolute Gasteiger partial charge is 0.474 e. The van der Waals surface area contributed by atoms with Crippen LogP contribution in [-0.4, -0.2) is 79.0 Å². The Labute approximate surface area is 219 Å². The molecule has 0 spiro atoms. The van der Waals surface area contributed by atoms with Gasteiger partial charge in [0.2, 0.25) is 21.9 Å². The molecular weight excluding hydrogens is 520 g/mol. The van der Waals surface area contributed by atoms with E-state index in [1.165, 1.54) is 12.3 Å². The molecule has 2 N–H and O–H groups in total. The first-order valence-electron chi connectivity index (χ1n) is 12.5. The van der Waals surface area contributed by atoms with Gasteiger partial charge in [-0.2, -0.15) is 4.98 Å². The third-order valence-electron chi connectivity index (χ3n) is 6.44. The van der Waals surface area contributed by atoms with Crippen LogP contribution in [0.2, 0.25) is 0 Å². The van der Waals surface area contributed by atoms with E-state index < -0.39 is 22.2 Å². The Bertz CT molecular complexity index is 1340. The smallest absolute Gasteiger partial charge is 0.254 e. The molecular formula is C24H29F2N7O4S. The molecule has 5 rings (SSSR count). The van der Waals surface area contributed by atoms with E-state index in [9.17, 15) is 17.2 Å². The average molecular weight is 550 g/mol. The van der Waals surface area contributed by atoms with Gasteiger partial charge in [-0.25, -0.2) is 27.2 Å². The van der Waals surface area contributed by atoms with Gasteiger partial charge in [-0.3, -0.25) is 9.71 Å². The molecule has 2 aliphatic rings. The van der Waals surface area contributed by atoms with Gasteiger partial charge in [0.1, 0.15) is 17.7 Å². The van der Waals surface area contributed by atoms with Gasteiger partial charge in [0, 0.05) is 37.6 Å². The zero-order chi connectivity index (χ0) is 26.5. The number of rotatable bonds is 9. The molecule has 0 atom stereocenters. The van der Waals surface area contributed by atoms with Gasteiger partial charge < -0.3 is 19.7 Å². The summed E-state index contributed by atoms with van der Waals surface area (Å²) in [5, 5.41) is 3.85. The number of sulfonamides is 1. The van der Waals surface area contributed by atoms with E-state index in [-0.39, 0.29) is 17.8 Å². The SMILES string of the molecule is O=S(=O)(CC(F)F)Nc1cnc2cc(N3CCOCC3)nc(OC3CCC(Nc4ncccn4)CC3)c2c1. The van der Waals surface area contributed by atoms with E-state index in [1.54, 1.807) is 18.5 Å². The molecule has 0 radical (unpaired) electrons. The molecule has 2 fully saturated rings. The quantitative estimate of drug-likeness (QED) is 0.411. The molecule has 1 aliphatic heterocycles. The summed E-state index contributed by atoms with van der Waals surface area (Å²) >= 11 is 0. The second kappa shape index (κ2) is 11.6. The maximum Gasteiger partial charge on any atom is 0.254 e. The van der Waals surface area contributed by atoms with Crippen LogP contribution in [-0.2, 0) is 14.8 Å². The molecule has 3 aromatic rings. The fraction of sp³-hybridized carbons (Fsp3) is 0.500. The van der Waals surface area contributed by atoms with Crippen molar-refractivity contribution in [2.24, 2.45) is 0 Å². The van der Waals surface area contributed by atoms with Crippen molar-refractivity contribution in [2.75, 3.05) is 47.0 Å². The lowest BCUT2D eigenvalue weighted by Gasteiger charge is -2.31. The molecule has 0 unspecified atom stereocenters. The van der Waals surface area contributed by atoms with Crippen LogP contribution < -0.4 is 19.7 Å². The molecule has 1 saturated heterocycles. The first kappa shape index (κ1) is 26.2. The summed E-state index contributed by atoms with van der Waals surface area (Å²) in [5.74, 6) is 0.309. The van der Waals surface area contributed by atoms with Crippen molar-refractivity contribution < 1.29 is 26.7 Å². The van der Waals surface area contributed by atoms with Gasteiger partial charge in [-0.15, -0.1) is 0 Å². The molecule has 4 heterocycles. The van der Waals surface area contributed by atoms with Crippen molar-refractivity contribution in [1.29, 1.82) is 0 Å². The Kier molecular flexibility index (Phi) is 7.98. The van der Waals surface area contributed by atoms with Crippen LogP contribution in [0, 0.1) is 0 Å². The van der Waals surface area contributed by atoms with Crippen LogP contribution in [0.1, 0.15) is 25.7 Å². The summed E-state index contributed by atoms with van der Waals surface area (Å²) < 4.78 is 63.5. The number of fused-ring (bicyclic) bond motifs is 1. The van der Waals surface area contributed by atoms with E-state index in [2.05, 4.69) is 29.9 Å². The number of morpholine rings is 1. The minimum absolute atomic E-state index is 0.0692. The summed E-state index contributed by atoms with van der Waals surface area (Å²) in [4.78, 5) is 19.7. The molecule has 11 nitrogen and oxygen atoms in total. The monoisotopic (exact) mass is 549 g/mol. The number of pyridine rings is 2. The Hall–Kier alpha value is -3.39. The van der Waals surface area contributed by atoms with Crippen LogP contribution in [0.25, 0.3) is 10.9 Å². The zero-order valence-corrected chi connectivity index (χ0v) is 21.4. The topological polar surface area (TPSA) is 131 Å². The summed E-state index contributed by atoms with van der Waals surface area (Å²) in [7, 11) is -4.24. The highest BCUT2D eigenvalue weighted by atomic mass is 32.2. The van der Waals surface area contributed by atoms with Gasteiger partial charge in [0.15, 0.2) is 0 Å². The number of hydrogen-bond acceptors (Lipinski definition) is 10. The Morgan fingerprint density at radius 3 is 2.53 bits per heavy atom. The number of anilines is 3. The third-order valence-corrected chi connectivity index (χ3v) is 7.67. The summed E-state index contributed by atoms with van der Waals surface area (Å²) in [6.07, 6.45) is 4.82. The van der Waals surface area contributed by atoms with Crippen LogP contribution >= 0.6 is 0 Å². The van der Waals surface area contributed by atoms with Gasteiger partial charge >= 0.3 is 0 Å². The first-order chi connectivity index (χ1) is 18.3. The highest BCUT2D eigenvalue weighted by Gasteiger charge is 2.25. The van der Waals surface area contributed by atoms with Crippen LogP contribution in [0.3, 0.4) is 0 Å². The zero-order valence-electron chi connectivity index (χ0n) is 20.6. The number of halogens is 2. The van der Waals surface area contributed by atoms with E-state index in [1.807, 2.05) is 6.07 Å². The number of nitrogens with one attached hydrogen (secondary N) is 2. The van der Waals surface area contributed by atoms with Crippen LogP contribution in [0.4, 0.5) is 26.2 Å². The van der Waals surface area contributed by atoms with Crippen LogP contribution in [0.5, 0.6) is 5.88 Å². The molecule has 0 amide bonds. The number of alkyl halides is 2. The fourth-order valence-electron chi connectivity index (χ4n) is 4.61. The van der Waals surface area contributed by atoms with E-state index >= 15 is 0 Å². The molecule has 0 bridgehead atoms. The van der Waals surface area contributed by atoms with Gasteiger partial charge in [0.05, 0.1) is 36.0 Å². The van der Waals surface area contributed by atoms with Crippen molar-refractivity contribution in [3.63, 3.8) is 0 Å².